The Morgan fingerprint density at radius 1 is 1.27 bits per heavy atom. The summed E-state index contributed by atoms with van der Waals surface area (Å²) in [5.74, 6) is 0.317. The van der Waals surface area contributed by atoms with E-state index in [0.29, 0.717) is 5.91 Å². The van der Waals surface area contributed by atoms with Crippen molar-refractivity contribution in [2.75, 3.05) is 20.1 Å². The first-order valence-electron chi connectivity index (χ1n) is 5.47. The van der Waals surface area contributed by atoms with Gasteiger partial charge in [-0.15, -0.1) is 12.4 Å². The van der Waals surface area contributed by atoms with E-state index in [1.54, 1.807) is 0 Å². The molecule has 4 heteroatoms. The molecule has 2 saturated heterocycles. The second-order valence-electron chi connectivity index (χ2n) is 5.22. The van der Waals surface area contributed by atoms with Crippen LogP contribution in [0, 0.1) is 5.41 Å². The Morgan fingerprint density at radius 2 is 1.80 bits per heavy atom. The molecule has 0 radical (unpaired) electrons. The zero-order valence-corrected chi connectivity index (χ0v) is 10.6. The lowest BCUT2D eigenvalue weighted by atomic mass is 9.66. The molecule has 0 aromatic carbocycles. The zero-order valence-electron chi connectivity index (χ0n) is 9.80. The average molecular weight is 233 g/mol. The Labute approximate surface area is 98.0 Å². The molecule has 2 rings (SSSR count). The van der Waals surface area contributed by atoms with Crippen LogP contribution in [0.15, 0.2) is 0 Å². The van der Waals surface area contributed by atoms with Crippen molar-refractivity contribution in [1.29, 1.82) is 0 Å². The molecule has 2 fully saturated rings. The quantitative estimate of drug-likeness (QED) is 0.685. The molecule has 0 aliphatic carbocycles. The van der Waals surface area contributed by atoms with Gasteiger partial charge in [-0.3, -0.25) is 4.79 Å². The van der Waals surface area contributed by atoms with Gasteiger partial charge >= 0.3 is 0 Å². The lowest BCUT2D eigenvalue weighted by Gasteiger charge is -2.46. The van der Waals surface area contributed by atoms with Crippen LogP contribution in [-0.2, 0) is 4.79 Å². The largest absolute Gasteiger partial charge is 0.340 e. The molecule has 1 amide bonds. The second kappa shape index (κ2) is 3.95. The standard InChI is InChI=1S/C11H20N2O.ClH/c1-10(2)11(4-6-12-7-5-11)8-9(14)13(10)3;/h12H,4-8H2,1-3H3;1H. The number of likely N-dealkylation sites (tertiary alicyclic amines) is 1. The van der Waals surface area contributed by atoms with Crippen molar-refractivity contribution in [3.8, 4) is 0 Å². The van der Waals surface area contributed by atoms with Gasteiger partial charge in [-0.05, 0) is 39.8 Å². The minimum Gasteiger partial charge on any atom is -0.340 e. The third-order valence-electron chi connectivity index (χ3n) is 4.56. The number of carbonyl (C=O) groups is 1. The molecule has 88 valence electrons. The first kappa shape index (κ1) is 12.8. The van der Waals surface area contributed by atoms with E-state index in [1.807, 2.05) is 11.9 Å². The highest BCUT2D eigenvalue weighted by atomic mass is 35.5. The lowest BCUT2D eigenvalue weighted by molar-refractivity contribution is -0.129. The van der Waals surface area contributed by atoms with Gasteiger partial charge in [-0.25, -0.2) is 0 Å². The van der Waals surface area contributed by atoms with Crippen molar-refractivity contribution >= 4 is 18.3 Å². The monoisotopic (exact) mass is 232 g/mol. The predicted octanol–water partition coefficient (Wildman–Crippen LogP) is 1.42. The van der Waals surface area contributed by atoms with Crippen molar-refractivity contribution in [3.63, 3.8) is 0 Å². The molecule has 0 bridgehead atoms. The van der Waals surface area contributed by atoms with Crippen LogP contribution in [0.25, 0.3) is 0 Å². The van der Waals surface area contributed by atoms with Crippen LogP contribution in [-0.4, -0.2) is 36.5 Å². The number of nitrogens with one attached hydrogen (secondary N) is 1. The van der Waals surface area contributed by atoms with Crippen LogP contribution >= 0.6 is 12.4 Å². The van der Waals surface area contributed by atoms with Crippen molar-refractivity contribution in [3.05, 3.63) is 0 Å². The molecule has 1 spiro atoms. The summed E-state index contributed by atoms with van der Waals surface area (Å²) in [7, 11) is 1.94. The fourth-order valence-corrected chi connectivity index (χ4v) is 2.99. The van der Waals surface area contributed by atoms with Gasteiger partial charge in [0, 0.05) is 24.4 Å². The van der Waals surface area contributed by atoms with Gasteiger partial charge in [-0.1, -0.05) is 0 Å². The Bertz CT molecular complexity index is 259. The number of carbonyl (C=O) groups excluding carboxylic acids is 1. The van der Waals surface area contributed by atoms with E-state index in [1.165, 1.54) is 0 Å². The average Bonchev–Trinajstić information content (AvgIpc) is 2.30. The summed E-state index contributed by atoms with van der Waals surface area (Å²) in [6, 6.07) is 0. The molecule has 0 aromatic heterocycles. The van der Waals surface area contributed by atoms with Crippen molar-refractivity contribution < 1.29 is 4.79 Å². The number of piperidine rings is 1. The lowest BCUT2D eigenvalue weighted by Crippen LogP contribution is -2.52. The van der Waals surface area contributed by atoms with Gasteiger partial charge in [0.1, 0.15) is 0 Å². The Balaban J connectivity index is 0.00000112. The molecule has 15 heavy (non-hydrogen) atoms. The topological polar surface area (TPSA) is 32.3 Å². The van der Waals surface area contributed by atoms with E-state index in [-0.39, 0.29) is 23.4 Å². The number of amides is 1. The van der Waals surface area contributed by atoms with E-state index in [9.17, 15) is 4.79 Å². The molecule has 1 N–H and O–H groups in total. The molecular formula is C11H21ClN2O. The van der Waals surface area contributed by atoms with E-state index < -0.39 is 0 Å². The smallest absolute Gasteiger partial charge is 0.223 e. The number of rotatable bonds is 0. The van der Waals surface area contributed by atoms with Gasteiger partial charge in [0.15, 0.2) is 0 Å². The number of halogens is 1. The minimum absolute atomic E-state index is 0. The highest BCUT2D eigenvalue weighted by molar-refractivity contribution is 5.85. The van der Waals surface area contributed by atoms with Gasteiger partial charge in [0.2, 0.25) is 5.91 Å². The van der Waals surface area contributed by atoms with E-state index in [4.69, 9.17) is 0 Å². The first-order chi connectivity index (χ1) is 6.50. The summed E-state index contributed by atoms with van der Waals surface area (Å²) >= 11 is 0. The Kier molecular flexibility index (Phi) is 3.36. The fourth-order valence-electron chi connectivity index (χ4n) is 2.99. The number of hydrogen-bond acceptors (Lipinski definition) is 2. The van der Waals surface area contributed by atoms with E-state index in [2.05, 4.69) is 19.2 Å². The van der Waals surface area contributed by atoms with Crippen LogP contribution in [0.5, 0.6) is 0 Å². The number of hydrogen-bond donors (Lipinski definition) is 1. The Morgan fingerprint density at radius 3 is 2.20 bits per heavy atom. The zero-order chi connectivity index (χ0) is 10.4. The maximum Gasteiger partial charge on any atom is 0.223 e. The van der Waals surface area contributed by atoms with Crippen molar-refractivity contribution in [2.45, 2.75) is 38.6 Å². The molecule has 2 aliphatic heterocycles. The maximum atomic E-state index is 11.8. The molecule has 0 unspecified atom stereocenters. The van der Waals surface area contributed by atoms with Crippen LogP contribution in [0.4, 0.5) is 0 Å². The van der Waals surface area contributed by atoms with Crippen LogP contribution in [0.3, 0.4) is 0 Å². The van der Waals surface area contributed by atoms with Crippen LogP contribution < -0.4 is 5.32 Å². The van der Waals surface area contributed by atoms with E-state index in [0.717, 1.165) is 32.4 Å². The summed E-state index contributed by atoms with van der Waals surface area (Å²) in [4.78, 5) is 13.7. The van der Waals surface area contributed by atoms with E-state index >= 15 is 0 Å². The minimum atomic E-state index is 0. The molecule has 0 saturated carbocycles. The molecule has 3 nitrogen and oxygen atoms in total. The predicted molar refractivity (Wildman–Crippen MR) is 63.3 cm³/mol. The third-order valence-corrected chi connectivity index (χ3v) is 4.56. The summed E-state index contributed by atoms with van der Waals surface area (Å²) < 4.78 is 0. The van der Waals surface area contributed by atoms with Crippen LogP contribution in [0.1, 0.15) is 33.1 Å². The first-order valence-corrected chi connectivity index (χ1v) is 5.47. The molecule has 2 heterocycles. The fraction of sp³-hybridized carbons (Fsp3) is 0.909. The molecular weight excluding hydrogens is 212 g/mol. The summed E-state index contributed by atoms with van der Waals surface area (Å²) in [6.07, 6.45) is 3.02. The molecule has 2 aliphatic rings. The maximum absolute atomic E-state index is 11.8. The van der Waals surface area contributed by atoms with Crippen LogP contribution in [0.2, 0.25) is 0 Å². The van der Waals surface area contributed by atoms with Gasteiger partial charge < -0.3 is 10.2 Å². The summed E-state index contributed by atoms with van der Waals surface area (Å²) in [5, 5.41) is 3.37. The third kappa shape index (κ3) is 1.66. The Hall–Kier alpha value is -0.280. The van der Waals surface area contributed by atoms with Crippen molar-refractivity contribution in [2.24, 2.45) is 5.41 Å². The summed E-state index contributed by atoms with van der Waals surface area (Å²) in [5.41, 5.74) is 0.260. The van der Waals surface area contributed by atoms with Crippen molar-refractivity contribution in [1.82, 2.24) is 10.2 Å². The van der Waals surface area contributed by atoms with Gasteiger partial charge in [0.05, 0.1) is 0 Å². The molecule has 0 atom stereocenters. The second-order valence-corrected chi connectivity index (χ2v) is 5.22. The normalized spacial score (nSPS) is 27.9. The van der Waals surface area contributed by atoms with Gasteiger partial charge in [0.25, 0.3) is 0 Å². The number of nitrogens with zero attached hydrogens (tertiary/aromatic N) is 1. The summed E-state index contributed by atoms with van der Waals surface area (Å²) in [6.45, 7) is 6.54. The highest BCUT2D eigenvalue weighted by Crippen LogP contribution is 2.50. The SMILES string of the molecule is CN1C(=O)CC2(CCNCC2)C1(C)C.Cl. The van der Waals surface area contributed by atoms with Gasteiger partial charge in [-0.2, -0.15) is 0 Å². The molecule has 0 aromatic rings. The highest BCUT2D eigenvalue weighted by Gasteiger charge is 2.55.